The molecule has 3 nitrogen and oxygen atoms in total. The molecule has 0 aliphatic rings. The molecule has 0 saturated heterocycles. The van der Waals surface area contributed by atoms with Crippen LogP contribution >= 0.6 is 11.6 Å². The summed E-state index contributed by atoms with van der Waals surface area (Å²) in [6.07, 6.45) is 0. The van der Waals surface area contributed by atoms with Crippen LogP contribution in [0.2, 0.25) is 5.15 Å². The largest absolute Gasteiger partial charge is 0.338 e. The van der Waals surface area contributed by atoms with E-state index in [1.807, 2.05) is 0 Å². The highest BCUT2D eigenvalue weighted by Crippen LogP contribution is 2.21. The van der Waals surface area contributed by atoms with Gasteiger partial charge in [0, 0.05) is 11.3 Å². The Morgan fingerprint density at radius 1 is 1.19 bits per heavy atom. The molecule has 0 saturated carbocycles. The first kappa shape index (κ1) is 10.8. The van der Waals surface area contributed by atoms with Crippen molar-refractivity contribution in [3.63, 3.8) is 0 Å². The zero-order valence-corrected chi connectivity index (χ0v) is 9.29. The smallest absolute Gasteiger partial charge is 0.153 e. The van der Waals surface area contributed by atoms with Gasteiger partial charge in [0.25, 0.3) is 0 Å². The van der Waals surface area contributed by atoms with Crippen molar-refractivity contribution in [1.29, 1.82) is 0 Å². The monoisotopic (exact) mass is 237 g/mol. The van der Waals surface area contributed by atoms with Crippen LogP contribution in [0.3, 0.4) is 0 Å². The van der Waals surface area contributed by atoms with Crippen molar-refractivity contribution in [3.8, 4) is 0 Å². The summed E-state index contributed by atoms with van der Waals surface area (Å²) in [6.45, 7) is 1.70. The Hall–Kier alpha value is -1.68. The molecule has 0 aliphatic heterocycles. The minimum atomic E-state index is -0.257. The Morgan fingerprint density at radius 3 is 2.69 bits per heavy atom. The average Bonchev–Trinajstić information content (AvgIpc) is 2.28. The van der Waals surface area contributed by atoms with E-state index in [1.54, 1.807) is 31.2 Å². The number of hydrogen-bond donors (Lipinski definition) is 1. The second-order valence-corrected chi connectivity index (χ2v) is 3.67. The van der Waals surface area contributed by atoms with Crippen LogP contribution in [0.15, 0.2) is 30.3 Å². The van der Waals surface area contributed by atoms with Gasteiger partial charge in [-0.1, -0.05) is 17.7 Å². The molecule has 1 aromatic carbocycles. The van der Waals surface area contributed by atoms with Crippen molar-refractivity contribution in [2.75, 3.05) is 5.32 Å². The van der Waals surface area contributed by atoms with E-state index in [0.717, 1.165) is 0 Å². The molecule has 16 heavy (non-hydrogen) atoms. The zero-order chi connectivity index (χ0) is 11.5. The third kappa shape index (κ3) is 2.28. The summed E-state index contributed by atoms with van der Waals surface area (Å²) in [4.78, 5) is 0. The van der Waals surface area contributed by atoms with E-state index in [2.05, 4.69) is 15.5 Å². The van der Waals surface area contributed by atoms with Crippen molar-refractivity contribution >= 4 is 23.1 Å². The molecule has 0 amide bonds. The van der Waals surface area contributed by atoms with Crippen LogP contribution in [-0.4, -0.2) is 10.2 Å². The summed E-state index contributed by atoms with van der Waals surface area (Å²) in [6, 6.07) is 8.11. The number of nitrogens with one attached hydrogen (secondary N) is 1. The maximum Gasteiger partial charge on any atom is 0.153 e. The number of halogens is 2. The molecule has 0 unspecified atom stereocenters. The van der Waals surface area contributed by atoms with Gasteiger partial charge in [-0.2, -0.15) is 0 Å². The van der Waals surface area contributed by atoms with Crippen LogP contribution in [0, 0.1) is 12.7 Å². The van der Waals surface area contributed by atoms with Gasteiger partial charge in [-0.05, 0) is 31.2 Å². The second kappa shape index (κ2) is 4.45. The summed E-state index contributed by atoms with van der Waals surface area (Å²) in [5.41, 5.74) is 1.20. The fraction of sp³-hybridized carbons (Fsp3) is 0.0909. The van der Waals surface area contributed by atoms with Crippen LogP contribution in [0.5, 0.6) is 0 Å². The van der Waals surface area contributed by atoms with Crippen molar-refractivity contribution in [2.45, 2.75) is 6.92 Å². The highest BCUT2D eigenvalue weighted by Gasteiger charge is 2.04. The summed E-state index contributed by atoms with van der Waals surface area (Å²) < 4.78 is 13.2. The summed E-state index contributed by atoms with van der Waals surface area (Å²) in [5, 5.41) is 10.8. The topological polar surface area (TPSA) is 37.8 Å². The van der Waals surface area contributed by atoms with E-state index in [-0.39, 0.29) is 5.82 Å². The molecule has 1 aromatic heterocycles. The predicted octanol–water partition coefficient (Wildman–Crippen LogP) is 3.32. The minimum absolute atomic E-state index is 0.257. The summed E-state index contributed by atoms with van der Waals surface area (Å²) >= 11 is 5.61. The molecule has 0 radical (unpaired) electrons. The maximum absolute atomic E-state index is 13.2. The Balaban J connectivity index is 2.27. The number of nitrogens with zero attached hydrogens (tertiary/aromatic N) is 2. The van der Waals surface area contributed by atoms with E-state index in [0.29, 0.717) is 22.2 Å². The van der Waals surface area contributed by atoms with Gasteiger partial charge in [-0.3, -0.25) is 0 Å². The highest BCUT2D eigenvalue weighted by atomic mass is 35.5. The molecule has 1 N–H and O–H groups in total. The number of rotatable bonds is 2. The molecule has 2 aromatic rings. The lowest BCUT2D eigenvalue weighted by Gasteiger charge is -2.08. The number of aromatic nitrogens is 2. The Morgan fingerprint density at radius 2 is 2.00 bits per heavy atom. The van der Waals surface area contributed by atoms with Gasteiger partial charge in [-0.15, -0.1) is 10.2 Å². The van der Waals surface area contributed by atoms with Crippen molar-refractivity contribution in [1.82, 2.24) is 10.2 Å². The third-order valence-electron chi connectivity index (χ3n) is 2.16. The Bertz CT molecular complexity index is 499. The van der Waals surface area contributed by atoms with Gasteiger partial charge in [0.2, 0.25) is 0 Å². The zero-order valence-electron chi connectivity index (χ0n) is 8.54. The maximum atomic E-state index is 13.2. The number of anilines is 2. The fourth-order valence-electron chi connectivity index (χ4n) is 1.26. The van der Waals surface area contributed by atoms with Crippen molar-refractivity contribution < 1.29 is 4.39 Å². The van der Waals surface area contributed by atoms with E-state index in [9.17, 15) is 4.39 Å². The third-order valence-corrected chi connectivity index (χ3v) is 2.36. The van der Waals surface area contributed by atoms with Crippen molar-refractivity contribution in [3.05, 3.63) is 46.9 Å². The van der Waals surface area contributed by atoms with E-state index in [4.69, 9.17) is 11.6 Å². The van der Waals surface area contributed by atoms with Gasteiger partial charge in [0.1, 0.15) is 5.82 Å². The molecule has 5 heteroatoms. The molecule has 2 rings (SSSR count). The lowest BCUT2D eigenvalue weighted by Crippen LogP contribution is -1.98. The Labute approximate surface area is 97.3 Å². The van der Waals surface area contributed by atoms with Crippen LogP contribution in [-0.2, 0) is 0 Å². The van der Waals surface area contributed by atoms with Gasteiger partial charge in [-0.25, -0.2) is 4.39 Å². The van der Waals surface area contributed by atoms with Gasteiger partial charge in [0.05, 0.1) is 0 Å². The lowest BCUT2D eigenvalue weighted by atomic mass is 10.2. The van der Waals surface area contributed by atoms with Gasteiger partial charge < -0.3 is 5.32 Å². The quantitative estimate of drug-likeness (QED) is 0.871. The number of benzene rings is 1. The molecular weight excluding hydrogens is 229 g/mol. The van der Waals surface area contributed by atoms with Crippen LogP contribution in [0.1, 0.15) is 5.56 Å². The Kier molecular flexibility index (Phi) is 3.01. The van der Waals surface area contributed by atoms with E-state index >= 15 is 0 Å². The normalized spacial score (nSPS) is 10.2. The SMILES string of the molecule is Cc1c(F)cccc1Nc1ccc(Cl)nn1. The first-order valence-corrected chi connectivity index (χ1v) is 5.06. The second-order valence-electron chi connectivity index (χ2n) is 3.28. The molecule has 0 spiro atoms. The molecule has 0 atom stereocenters. The first-order valence-electron chi connectivity index (χ1n) is 4.68. The van der Waals surface area contributed by atoms with Gasteiger partial charge in [0.15, 0.2) is 11.0 Å². The lowest BCUT2D eigenvalue weighted by molar-refractivity contribution is 0.619. The van der Waals surface area contributed by atoms with Crippen LogP contribution in [0.25, 0.3) is 0 Å². The molecule has 0 fully saturated rings. The minimum Gasteiger partial charge on any atom is -0.338 e. The van der Waals surface area contributed by atoms with E-state index < -0.39 is 0 Å². The fourth-order valence-corrected chi connectivity index (χ4v) is 1.36. The molecule has 0 bridgehead atoms. The van der Waals surface area contributed by atoms with Crippen molar-refractivity contribution in [2.24, 2.45) is 0 Å². The first-order chi connectivity index (χ1) is 7.66. The summed E-state index contributed by atoms with van der Waals surface area (Å²) in [5.74, 6) is 0.269. The molecule has 0 aliphatic carbocycles. The average molecular weight is 238 g/mol. The van der Waals surface area contributed by atoms with Crippen LogP contribution < -0.4 is 5.32 Å². The number of hydrogen-bond acceptors (Lipinski definition) is 3. The van der Waals surface area contributed by atoms with Gasteiger partial charge >= 0.3 is 0 Å². The highest BCUT2D eigenvalue weighted by molar-refractivity contribution is 6.29. The van der Waals surface area contributed by atoms with E-state index in [1.165, 1.54) is 6.07 Å². The summed E-state index contributed by atoms with van der Waals surface area (Å²) in [7, 11) is 0. The van der Waals surface area contributed by atoms with Crippen LogP contribution in [0.4, 0.5) is 15.9 Å². The molecular formula is C11H9ClFN3. The standard InChI is InChI=1S/C11H9ClFN3/c1-7-8(13)3-2-4-9(7)14-11-6-5-10(12)15-16-11/h2-6H,1H3,(H,14,16). The molecule has 1 heterocycles. The molecule has 82 valence electrons. The predicted molar refractivity (Wildman–Crippen MR) is 61.5 cm³/mol.